The number of fused-ring (bicyclic) bond motifs is 2. The quantitative estimate of drug-likeness (QED) is 0.768. The number of hydrogen-bond donors (Lipinski definition) is 1. The van der Waals surface area contributed by atoms with Crippen LogP contribution in [-0.4, -0.2) is 32.4 Å². The van der Waals surface area contributed by atoms with Crippen molar-refractivity contribution in [1.29, 1.82) is 0 Å². The molecule has 2 atom stereocenters. The zero-order chi connectivity index (χ0) is 11.0. The molecule has 0 amide bonds. The van der Waals surface area contributed by atoms with Crippen LogP contribution >= 0.6 is 0 Å². The monoisotopic (exact) mass is 219 g/mol. The Morgan fingerprint density at radius 3 is 3.19 bits per heavy atom. The first-order chi connectivity index (χ1) is 7.88. The van der Waals surface area contributed by atoms with E-state index in [-0.39, 0.29) is 0 Å². The maximum atomic E-state index is 5.81. The lowest BCUT2D eigenvalue weighted by molar-refractivity contribution is -0.00759. The first-order valence-electron chi connectivity index (χ1n) is 5.88. The summed E-state index contributed by atoms with van der Waals surface area (Å²) < 4.78 is 11.2. The first kappa shape index (κ1) is 10.1. The molecule has 0 saturated carbocycles. The first-order valence-corrected chi connectivity index (χ1v) is 5.88. The van der Waals surface area contributed by atoms with E-state index in [0.29, 0.717) is 12.1 Å². The molecule has 1 fully saturated rings. The number of nitrogens with one attached hydrogen (secondary N) is 1. The molecule has 0 unspecified atom stereocenters. The Bertz CT molecular complexity index is 392. The van der Waals surface area contributed by atoms with Crippen molar-refractivity contribution in [2.24, 2.45) is 0 Å². The molecule has 0 aromatic heterocycles. The fourth-order valence-corrected chi connectivity index (χ4v) is 2.77. The second-order valence-corrected chi connectivity index (χ2v) is 4.48. The van der Waals surface area contributed by atoms with Crippen molar-refractivity contribution >= 4 is 0 Å². The van der Waals surface area contributed by atoms with Gasteiger partial charge in [-0.25, -0.2) is 0 Å². The van der Waals surface area contributed by atoms with Gasteiger partial charge in [-0.05, 0) is 23.6 Å². The summed E-state index contributed by atoms with van der Waals surface area (Å²) in [7, 11) is 1.74. The molecule has 16 heavy (non-hydrogen) atoms. The Balaban J connectivity index is 1.95. The fourth-order valence-electron chi connectivity index (χ4n) is 2.77. The van der Waals surface area contributed by atoms with E-state index in [2.05, 4.69) is 17.4 Å². The van der Waals surface area contributed by atoms with Gasteiger partial charge in [0, 0.05) is 19.0 Å². The molecule has 0 spiro atoms. The summed E-state index contributed by atoms with van der Waals surface area (Å²) in [6, 6.07) is 6.75. The maximum Gasteiger partial charge on any atom is 0.122 e. The number of rotatable bonds is 1. The SMILES string of the molecule is COc1cccc2c1C[C@H]1NCCO[C@@H]1C2. The van der Waals surface area contributed by atoms with E-state index >= 15 is 0 Å². The molecular weight excluding hydrogens is 202 g/mol. The van der Waals surface area contributed by atoms with E-state index in [1.54, 1.807) is 7.11 Å². The van der Waals surface area contributed by atoms with Gasteiger partial charge in [-0.2, -0.15) is 0 Å². The van der Waals surface area contributed by atoms with Gasteiger partial charge in [-0.1, -0.05) is 12.1 Å². The zero-order valence-electron chi connectivity index (χ0n) is 9.53. The summed E-state index contributed by atoms with van der Waals surface area (Å²) in [5, 5.41) is 3.53. The van der Waals surface area contributed by atoms with Crippen molar-refractivity contribution in [2.45, 2.75) is 25.0 Å². The summed E-state index contributed by atoms with van der Waals surface area (Å²) in [6.07, 6.45) is 2.36. The number of hydrogen-bond acceptors (Lipinski definition) is 3. The van der Waals surface area contributed by atoms with Crippen molar-refractivity contribution in [1.82, 2.24) is 5.32 Å². The molecule has 2 aliphatic rings. The largest absolute Gasteiger partial charge is 0.496 e. The van der Waals surface area contributed by atoms with Gasteiger partial charge in [0.15, 0.2) is 0 Å². The van der Waals surface area contributed by atoms with Gasteiger partial charge >= 0.3 is 0 Å². The smallest absolute Gasteiger partial charge is 0.122 e. The fraction of sp³-hybridized carbons (Fsp3) is 0.538. The molecule has 1 aromatic rings. The lowest BCUT2D eigenvalue weighted by Crippen LogP contribution is -2.52. The maximum absolute atomic E-state index is 5.81. The second-order valence-electron chi connectivity index (χ2n) is 4.48. The van der Waals surface area contributed by atoms with Gasteiger partial charge < -0.3 is 14.8 Å². The molecule has 1 aromatic carbocycles. The van der Waals surface area contributed by atoms with Crippen molar-refractivity contribution in [3.63, 3.8) is 0 Å². The molecule has 0 radical (unpaired) electrons. The Kier molecular flexibility index (Phi) is 2.58. The summed E-state index contributed by atoms with van der Waals surface area (Å²) in [6.45, 7) is 1.80. The van der Waals surface area contributed by atoms with Crippen LogP contribution in [0.25, 0.3) is 0 Å². The zero-order valence-corrected chi connectivity index (χ0v) is 9.53. The predicted molar refractivity (Wildman–Crippen MR) is 61.9 cm³/mol. The number of morpholine rings is 1. The minimum absolute atomic E-state index is 0.341. The standard InChI is InChI=1S/C13H17NO2/c1-15-12-4-2-3-9-7-13-11(8-10(9)12)14-5-6-16-13/h2-4,11,13-14H,5-8H2,1H3/t11-,13-/m1/s1. The highest BCUT2D eigenvalue weighted by atomic mass is 16.5. The Hall–Kier alpha value is -1.06. The van der Waals surface area contributed by atoms with Crippen LogP contribution in [-0.2, 0) is 17.6 Å². The van der Waals surface area contributed by atoms with Gasteiger partial charge in [-0.3, -0.25) is 0 Å². The highest BCUT2D eigenvalue weighted by Crippen LogP contribution is 2.31. The lowest BCUT2D eigenvalue weighted by atomic mass is 9.85. The van der Waals surface area contributed by atoms with Crippen LogP contribution in [0.15, 0.2) is 18.2 Å². The Morgan fingerprint density at radius 1 is 1.38 bits per heavy atom. The molecule has 1 N–H and O–H groups in total. The lowest BCUT2D eigenvalue weighted by Gasteiger charge is -2.37. The van der Waals surface area contributed by atoms with Crippen LogP contribution in [0.1, 0.15) is 11.1 Å². The Labute approximate surface area is 95.8 Å². The Morgan fingerprint density at radius 2 is 2.31 bits per heavy atom. The third kappa shape index (κ3) is 1.60. The third-order valence-electron chi connectivity index (χ3n) is 3.58. The van der Waals surface area contributed by atoms with Crippen LogP contribution < -0.4 is 10.1 Å². The molecule has 0 bridgehead atoms. The average molecular weight is 219 g/mol. The highest BCUT2D eigenvalue weighted by molar-refractivity contribution is 5.43. The van der Waals surface area contributed by atoms with Crippen LogP contribution in [0.3, 0.4) is 0 Å². The van der Waals surface area contributed by atoms with E-state index < -0.39 is 0 Å². The molecule has 1 aliphatic heterocycles. The van der Waals surface area contributed by atoms with E-state index in [0.717, 1.165) is 31.7 Å². The van der Waals surface area contributed by atoms with Gasteiger partial charge in [0.2, 0.25) is 0 Å². The van der Waals surface area contributed by atoms with Crippen molar-refractivity contribution in [2.75, 3.05) is 20.3 Å². The molecule has 3 nitrogen and oxygen atoms in total. The molecule has 1 aliphatic carbocycles. The van der Waals surface area contributed by atoms with Crippen LogP contribution in [0, 0.1) is 0 Å². The molecule has 86 valence electrons. The van der Waals surface area contributed by atoms with Crippen LogP contribution in [0.2, 0.25) is 0 Å². The number of methoxy groups -OCH3 is 1. The third-order valence-corrected chi connectivity index (χ3v) is 3.58. The minimum Gasteiger partial charge on any atom is -0.496 e. The average Bonchev–Trinajstić information content (AvgIpc) is 2.35. The van der Waals surface area contributed by atoms with E-state index in [9.17, 15) is 0 Å². The second kappa shape index (κ2) is 4.07. The topological polar surface area (TPSA) is 30.5 Å². The molecule has 1 saturated heterocycles. The van der Waals surface area contributed by atoms with Crippen molar-refractivity contribution in [3.05, 3.63) is 29.3 Å². The summed E-state index contributed by atoms with van der Waals surface area (Å²) in [5.74, 6) is 1.02. The van der Waals surface area contributed by atoms with Crippen molar-refractivity contribution < 1.29 is 9.47 Å². The molecule has 3 heteroatoms. The van der Waals surface area contributed by atoms with Gasteiger partial charge in [-0.15, -0.1) is 0 Å². The molecular formula is C13H17NO2. The van der Waals surface area contributed by atoms with Crippen molar-refractivity contribution in [3.8, 4) is 5.75 Å². The normalized spacial score (nSPS) is 28.1. The van der Waals surface area contributed by atoms with Gasteiger partial charge in [0.25, 0.3) is 0 Å². The number of ether oxygens (including phenoxy) is 2. The summed E-state index contributed by atoms with van der Waals surface area (Å²) in [5.41, 5.74) is 2.73. The van der Waals surface area contributed by atoms with Crippen LogP contribution in [0.5, 0.6) is 5.75 Å². The van der Waals surface area contributed by atoms with E-state index in [4.69, 9.17) is 9.47 Å². The van der Waals surface area contributed by atoms with E-state index in [1.165, 1.54) is 11.1 Å². The molecule has 1 heterocycles. The van der Waals surface area contributed by atoms with Crippen LogP contribution in [0.4, 0.5) is 0 Å². The van der Waals surface area contributed by atoms with E-state index in [1.807, 2.05) is 6.07 Å². The molecule has 3 rings (SSSR count). The number of benzene rings is 1. The summed E-state index contributed by atoms with van der Waals surface area (Å²) in [4.78, 5) is 0. The van der Waals surface area contributed by atoms with Gasteiger partial charge in [0.1, 0.15) is 5.75 Å². The van der Waals surface area contributed by atoms with Gasteiger partial charge in [0.05, 0.1) is 19.8 Å². The highest BCUT2D eigenvalue weighted by Gasteiger charge is 2.32. The predicted octanol–water partition coefficient (Wildman–Crippen LogP) is 1.15. The summed E-state index contributed by atoms with van der Waals surface area (Å²) >= 11 is 0. The minimum atomic E-state index is 0.341.